The molecule has 1 aromatic heterocycles. The van der Waals surface area contributed by atoms with E-state index in [0.29, 0.717) is 79.3 Å². The highest BCUT2D eigenvalue weighted by atomic mass is 16.7. The van der Waals surface area contributed by atoms with Crippen LogP contribution < -0.4 is 36.1 Å². The zero-order valence-electron chi connectivity index (χ0n) is 35.3. The van der Waals surface area contributed by atoms with Gasteiger partial charge in [0, 0.05) is 37.1 Å². The van der Waals surface area contributed by atoms with Crippen LogP contribution in [0.2, 0.25) is 0 Å². The number of anilines is 2. The van der Waals surface area contributed by atoms with Gasteiger partial charge in [-0.2, -0.15) is 0 Å². The predicted molar refractivity (Wildman–Crippen MR) is 234 cm³/mol. The van der Waals surface area contributed by atoms with Crippen molar-refractivity contribution in [3.63, 3.8) is 0 Å². The van der Waals surface area contributed by atoms with Gasteiger partial charge in [0.25, 0.3) is 0 Å². The zero-order chi connectivity index (χ0) is 45.0. The van der Waals surface area contributed by atoms with E-state index in [1.165, 1.54) is 0 Å². The van der Waals surface area contributed by atoms with Crippen LogP contribution in [0.1, 0.15) is 79.8 Å². The maximum absolute atomic E-state index is 13.8. The number of benzene rings is 3. The van der Waals surface area contributed by atoms with Gasteiger partial charge in [0.1, 0.15) is 6.04 Å². The van der Waals surface area contributed by atoms with Gasteiger partial charge in [0.2, 0.25) is 24.5 Å². The fourth-order valence-electron chi connectivity index (χ4n) is 6.95. The lowest BCUT2D eigenvalue weighted by atomic mass is 10.0. The van der Waals surface area contributed by atoms with Crippen LogP contribution in [-0.2, 0) is 36.9 Å². The minimum absolute atomic E-state index is 0.0225. The molecule has 0 saturated carbocycles. The lowest BCUT2D eigenvalue weighted by Gasteiger charge is -2.23. The van der Waals surface area contributed by atoms with Crippen molar-refractivity contribution in [2.45, 2.75) is 83.3 Å². The van der Waals surface area contributed by atoms with Crippen molar-refractivity contribution < 1.29 is 48.5 Å². The Labute approximate surface area is 366 Å². The number of hydrogen-bond donors (Lipinski definition) is 7. The van der Waals surface area contributed by atoms with Crippen LogP contribution in [0, 0.1) is 6.92 Å². The highest BCUT2D eigenvalue weighted by Crippen LogP contribution is 2.35. The van der Waals surface area contributed by atoms with Gasteiger partial charge in [0.15, 0.2) is 11.5 Å². The van der Waals surface area contributed by atoms with E-state index in [2.05, 4.69) is 31.6 Å². The fourth-order valence-corrected chi connectivity index (χ4v) is 6.95. The first-order valence-electron chi connectivity index (χ1n) is 21.0. The van der Waals surface area contributed by atoms with Gasteiger partial charge in [-0.1, -0.05) is 48.9 Å². The van der Waals surface area contributed by atoms with Gasteiger partial charge in [-0.3, -0.25) is 33.9 Å². The molecule has 3 aromatic carbocycles. The van der Waals surface area contributed by atoms with Crippen LogP contribution in [-0.4, -0.2) is 88.3 Å². The topological polar surface area (TPSA) is 238 Å². The molecular weight excluding hydrogens is 811 g/mol. The number of aromatic nitrogens is 1. The van der Waals surface area contributed by atoms with Crippen molar-refractivity contribution in [1.29, 1.82) is 0 Å². The summed E-state index contributed by atoms with van der Waals surface area (Å²) in [7, 11) is 0. The number of carbonyl (C=O) groups excluding carboxylic acids is 4. The van der Waals surface area contributed by atoms with E-state index in [-0.39, 0.29) is 32.1 Å². The molecule has 1 aliphatic rings. The molecule has 334 valence electrons. The standard InChI is InChI=1S/C46H55N7O10/c1-31-11-4-5-13-36(31)52-46(61)49-34-19-16-32(17-20-34)25-42(55)50-37(45(60)51-38(27-43(56)57)33-18-21-39-40(26-33)63-30-62-39)14-7-9-23-48-41(54)15-3-2-10-24-53(29-44(58)59)28-35-12-6-8-22-47-35/h4-6,8,11-13,16-22,26,37-38H,2-3,7,9-10,14-15,23-25,27-30H2,1H3,(H,48,54)(H,50,55)(H,51,60)(H,56,57)(H,58,59)(H2,49,52,61)/t37-,38-/m0/s1. The molecule has 2 heterocycles. The summed E-state index contributed by atoms with van der Waals surface area (Å²) in [5.74, 6) is -2.26. The molecule has 63 heavy (non-hydrogen) atoms. The number of urea groups is 1. The normalized spacial score (nSPS) is 12.5. The quantitative estimate of drug-likeness (QED) is 0.0406. The molecule has 17 nitrogen and oxygen atoms in total. The molecule has 0 unspecified atom stereocenters. The minimum atomic E-state index is -1.14. The van der Waals surface area contributed by atoms with Crippen molar-refractivity contribution in [2.75, 3.05) is 37.1 Å². The Morgan fingerprint density at radius 3 is 2.30 bits per heavy atom. The summed E-state index contributed by atoms with van der Waals surface area (Å²) in [4.78, 5) is 81.7. The molecule has 0 saturated heterocycles. The Balaban J connectivity index is 1.11. The molecule has 4 aromatic rings. The van der Waals surface area contributed by atoms with E-state index in [1.54, 1.807) is 60.8 Å². The van der Waals surface area contributed by atoms with Gasteiger partial charge in [-0.15, -0.1) is 0 Å². The second-order valence-corrected chi connectivity index (χ2v) is 15.2. The summed E-state index contributed by atoms with van der Waals surface area (Å²) < 4.78 is 10.8. The smallest absolute Gasteiger partial charge is 0.323 e. The fraction of sp³-hybridized carbons (Fsp3) is 0.370. The second kappa shape index (κ2) is 24.4. The molecular formula is C46H55N7O10. The first-order valence-corrected chi connectivity index (χ1v) is 21.0. The maximum atomic E-state index is 13.8. The predicted octanol–water partition coefficient (Wildman–Crippen LogP) is 5.56. The number of carboxylic acids is 2. The third kappa shape index (κ3) is 16.4. The van der Waals surface area contributed by atoms with Crippen molar-refractivity contribution in [3.05, 3.63) is 114 Å². The highest BCUT2D eigenvalue weighted by Gasteiger charge is 2.27. The molecule has 5 amide bonds. The average molecular weight is 866 g/mol. The number of aryl methyl sites for hydroxylation is 1. The zero-order valence-corrected chi connectivity index (χ0v) is 35.3. The number of aliphatic carboxylic acids is 2. The van der Waals surface area contributed by atoms with E-state index in [0.717, 1.165) is 24.1 Å². The summed E-state index contributed by atoms with van der Waals surface area (Å²) in [5, 5.41) is 33.1. The van der Waals surface area contributed by atoms with Crippen molar-refractivity contribution in [3.8, 4) is 11.5 Å². The average Bonchev–Trinajstić information content (AvgIpc) is 3.72. The lowest BCUT2D eigenvalue weighted by Crippen LogP contribution is -2.48. The Morgan fingerprint density at radius 1 is 0.778 bits per heavy atom. The Hall–Kier alpha value is -7.01. The van der Waals surface area contributed by atoms with Crippen LogP contribution in [0.15, 0.2) is 91.1 Å². The third-order valence-electron chi connectivity index (χ3n) is 10.2. The molecule has 1 aliphatic heterocycles. The molecule has 0 bridgehead atoms. The summed E-state index contributed by atoms with van der Waals surface area (Å²) in [6.07, 6.45) is 4.75. The number of fused-ring (bicyclic) bond motifs is 1. The number of carbonyl (C=O) groups is 6. The summed E-state index contributed by atoms with van der Waals surface area (Å²) >= 11 is 0. The Kier molecular flexibility index (Phi) is 18.2. The highest BCUT2D eigenvalue weighted by molar-refractivity contribution is 6.00. The number of carboxylic acid groups (broad SMARTS) is 2. The molecule has 0 radical (unpaired) electrons. The molecule has 7 N–H and O–H groups in total. The van der Waals surface area contributed by atoms with Crippen molar-refractivity contribution >= 4 is 47.1 Å². The van der Waals surface area contributed by atoms with Crippen molar-refractivity contribution in [1.82, 2.24) is 25.8 Å². The summed E-state index contributed by atoms with van der Waals surface area (Å²) in [6, 6.07) is 22.2. The molecule has 17 heteroatoms. The van der Waals surface area contributed by atoms with Gasteiger partial charge in [-0.05, 0) is 105 Å². The monoisotopic (exact) mass is 865 g/mol. The minimum Gasteiger partial charge on any atom is -0.481 e. The van der Waals surface area contributed by atoms with E-state index in [1.807, 2.05) is 42.2 Å². The molecule has 0 aliphatic carbocycles. The molecule has 0 fully saturated rings. The number of nitrogens with zero attached hydrogens (tertiary/aromatic N) is 2. The third-order valence-corrected chi connectivity index (χ3v) is 10.2. The lowest BCUT2D eigenvalue weighted by molar-refractivity contribution is -0.139. The molecule has 5 rings (SSSR count). The van der Waals surface area contributed by atoms with Gasteiger partial charge in [-0.25, -0.2) is 4.79 Å². The largest absolute Gasteiger partial charge is 0.481 e. The Morgan fingerprint density at radius 2 is 1.56 bits per heavy atom. The van der Waals surface area contributed by atoms with E-state index in [4.69, 9.17) is 9.47 Å². The number of rotatable bonds is 25. The number of para-hydroxylation sites is 1. The number of nitrogens with one attached hydrogen (secondary N) is 5. The number of amides is 5. The van der Waals surface area contributed by atoms with E-state index in [9.17, 15) is 39.0 Å². The van der Waals surface area contributed by atoms with Gasteiger partial charge < -0.3 is 46.3 Å². The first kappa shape index (κ1) is 47.0. The van der Waals surface area contributed by atoms with E-state index < -0.39 is 48.3 Å². The first-order chi connectivity index (χ1) is 30.4. The number of pyridine rings is 1. The molecule has 2 atom stereocenters. The molecule has 0 spiro atoms. The SMILES string of the molecule is Cc1ccccc1NC(=O)Nc1ccc(CC(=O)N[C@@H](CCCCNC(=O)CCCCCN(CC(=O)O)Cc2ccccn2)C(=O)N[C@@H](CC(=O)O)c2ccc3c(c2)OCO3)cc1. The van der Waals surface area contributed by atoms with Crippen LogP contribution in [0.25, 0.3) is 0 Å². The Bertz CT molecular complexity index is 2170. The second-order valence-electron chi connectivity index (χ2n) is 15.2. The maximum Gasteiger partial charge on any atom is 0.323 e. The van der Waals surface area contributed by atoms with Crippen LogP contribution in [0.4, 0.5) is 16.2 Å². The van der Waals surface area contributed by atoms with Gasteiger partial charge >= 0.3 is 18.0 Å². The number of ether oxygens (including phenoxy) is 2. The number of unbranched alkanes of at least 4 members (excludes halogenated alkanes) is 3. The number of hydrogen-bond acceptors (Lipinski definition) is 10. The van der Waals surface area contributed by atoms with Crippen molar-refractivity contribution in [2.24, 2.45) is 0 Å². The van der Waals surface area contributed by atoms with Crippen LogP contribution in [0.3, 0.4) is 0 Å². The van der Waals surface area contributed by atoms with E-state index >= 15 is 0 Å². The summed E-state index contributed by atoms with van der Waals surface area (Å²) in [6.45, 7) is 3.14. The van der Waals surface area contributed by atoms with Crippen LogP contribution in [0.5, 0.6) is 11.5 Å². The van der Waals surface area contributed by atoms with Gasteiger partial charge in [0.05, 0.1) is 31.1 Å². The van der Waals surface area contributed by atoms with Crippen LogP contribution >= 0.6 is 0 Å². The summed E-state index contributed by atoms with van der Waals surface area (Å²) in [5.41, 5.74) is 4.01.